The van der Waals surface area contributed by atoms with E-state index in [4.69, 9.17) is 4.74 Å². The van der Waals surface area contributed by atoms with Crippen molar-refractivity contribution < 1.29 is 64.3 Å². The first-order valence-corrected chi connectivity index (χ1v) is 14.8. The van der Waals surface area contributed by atoms with Gasteiger partial charge in [-0.2, -0.15) is 22.0 Å². The summed E-state index contributed by atoms with van der Waals surface area (Å²) in [6.07, 6.45) is -9.93. The molecular weight excluding hydrogens is 636 g/mol. The van der Waals surface area contributed by atoms with Gasteiger partial charge in [0.15, 0.2) is 0 Å². The van der Waals surface area contributed by atoms with Crippen LogP contribution in [-0.2, 0) is 21.0 Å². The molecule has 2 aliphatic rings. The highest BCUT2D eigenvalue weighted by Crippen LogP contribution is 2.47. The highest BCUT2D eigenvalue weighted by atomic mass is 32.2. The molecule has 0 saturated heterocycles. The molecule has 0 bridgehead atoms. The number of sulfonamides is 1. The van der Waals surface area contributed by atoms with Gasteiger partial charge in [0.05, 0.1) is 40.3 Å². The first-order chi connectivity index (χ1) is 21.0. The Morgan fingerprint density at radius 2 is 1.71 bits per heavy atom. The van der Waals surface area contributed by atoms with E-state index in [9.17, 15) is 54.9 Å². The van der Waals surface area contributed by atoms with Crippen molar-refractivity contribution in [3.63, 3.8) is 0 Å². The Balaban J connectivity index is 1.60. The lowest BCUT2D eigenvalue weighted by atomic mass is 9.80. The second kappa shape index (κ2) is 11.7. The van der Waals surface area contributed by atoms with Crippen LogP contribution in [0.5, 0.6) is 11.5 Å². The number of aliphatic hydroxyl groups is 2. The van der Waals surface area contributed by atoms with Gasteiger partial charge < -0.3 is 24.8 Å². The van der Waals surface area contributed by atoms with Crippen LogP contribution in [0, 0.1) is 11.2 Å². The maximum absolute atomic E-state index is 14.3. The van der Waals surface area contributed by atoms with E-state index in [0.29, 0.717) is 18.2 Å². The van der Waals surface area contributed by atoms with E-state index in [0.717, 1.165) is 28.6 Å². The maximum Gasteiger partial charge on any atom is 0.416 e. The van der Waals surface area contributed by atoms with Crippen molar-refractivity contribution in [1.82, 2.24) is 0 Å². The second-order valence-electron chi connectivity index (χ2n) is 10.9. The van der Waals surface area contributed by atoms with Crippen LogP contribution in [0.2, 0.25) is 0 Å². The summed E-state index contributed by atoms with van der Waals surface area (Å²) < 4.78 is 119. The standard InChI is InChI=1S/C29H25F6NO8S/c30-18-6-16(7-19(10-18)44-27(31)32)15-4-5-25-22(8-15)36(45(41,42)21-3-1-2-17(9-21)29(33,34)35)14-20(43-25)11-28(26(39)40)12-23(37)24(38)13-28/h1-10,20,23-24,27,37-38H,11-14H2,(H,39,40)/t20?,23-,24+,28?. The Morgan fingerprint density at radius 3 is 2.33 bits per heavy atom. The Bertz CT molecular complexity index is 1710. The summed E-state index contributed by atoms with van der Waals surface area (Å²) in [6.45, 7) is -3.86. The van der Waals surface area contributed by atoms with Gasteiger partial charge in [-0.25, -0.2) is 12.8 Å². The highest BCUT2D eigenvalue weighted by molar-refractivity contribution is 7.92. The zero-order valence-corrected chi connectivity index (χ0v) is 23.7. The van der Waals surface area contributed by atoms with Gasteiger partial charge in [-0.3, -0.25) is 9.10 Å². The number of carboxylic acid groups (broad SMARTS) is 1. The molecule has 16 heteroatoms. The van der Waals surface area contributed by atoms with Crippen LogP contribution in [0.1, 0.15) is 24.8 Å². The van der Waals surface area contributed by atoms with Crippen LogP contribution >= 0.6 is 0 Å². The predicted octanol–water partition coefficient (Wildman–Crippen LogP) is 5.05. The molecule has 1 heterocycles. The lowest BCUT2D eigenvalue weighted by molar-refractivity contribution is -0.151. The molecule has 5 rings (SSSR count). The van der Waals surface area contributed by atoms with E-state index < -0.39 is 81.1 Å². The summed E-state index contributed by atoms with van der Waals surface area (Å²) >= 11 is 0. The van der Waals surface area contributed by atoms with Gasteiger partial charge in [0.2, 0.25) is 0 Å². The largest absolute Gasteiger partial charge is 0.486 e. The number of alkyl halides is 5. The van der Waals surface area contributed by atoms with E-state index in [1.807, 2.05) is 0 Å². The SMILES string of the molecule is O=C(O)C1(CC2CN(S(=O)(=O)c3cccc(C(F)(F)F)c3)c3cc(-c4cc(F)cc(OC(F)F)c4)ccc3O2)C[C@@H](O)[C@@H](O)C1. The quantitative estimate of drug-likeness (QED) is 0.286. The molecule has 0 amide bonds. The van der Waals surface area contributed by atoms with Crippen LogP contribution in [0.4, 0.5) is 32.0 Å². The fourth-order valence-corrected chi connectivity index (χ4v) is 7.25. The van der Waals surface area contributed by atoms with Crippen LogP contribution in [0.25, 0.3) is 11.1 Å². The molecular formula is C29H25F6NO8S. The summed E-state index contributed by atoms with van der Waals surface area (Å²) in [5.41, 5.74) is -3.08. The third kappa shape index (κ3) is 6.53. The topological polar surface area (TPSA) is 134 Å². The van der Waals surface area contributed by atoms with E-state index in [-0.39, 0.29) is 41.8 Å². The molecule has 242 valence electrons. The Hall–Kier alpha value is -4.02. The van der Waals surface area contributed by atoms with Crippen LogP contribution in [0.15, 0.2) is 65.6 Å². The molecule has 1 aliphatic carbocycles. The van der Waals surface area contributed by atoms with Gasteiger partial charge >= 0.3 is 18.8 Å². The average molecular weight is 662 g/mol. The number of carboxylic acids is 1. The van der Waals surface area contributed by atoms with Crippen molar-refractivity contribution in [3.8, 4) is 22.6 Å². The maximum atomic E-state index is 14.3. The molecule has 9 nitrogen and oxygen atoms in total. The number of aliphatic carboxylic acids is 1. The van der Waals surface area contributed by atoms with E-state index in [1.54, 1.807) is 0 Å². The lowest BCUT2D eigenvalue weighted by Crippen LogP contribution is -2.47. The van der Waals surface area contributed by atoms with Gasteiger partial charge in [0, 0.05) is 12.5 Å². The van der Waals surface area contributed by atoms with Gasteiger partial charge in [0.1, 0.15) is 23.4 Å². The minimum Gasteiger partial charge on any atom is -0.486 e. The lowest BCUT2D eigenvalue weighted by Gasteiger charge is -2.38. The number of halogens is 6. The van der Waals surface area contributed by atoms with Crippen molar-refractivity contribution in [1.29, 1.82) is 0 Å². The minimum atomic E-state index is -4.88. The van der Waals surface area contributed by atoms with E-state index in [2.05, 4.69) is 4.74 Å². The Labute approximate surface area is 252 Å². The number of rotatable bonds is 8. The fourth-order valence-electron chi connectivity index (χ4n) is 5.71. The summed E-state index contributed by atoms with van der Waals surface area (Å²) in [4.78, 5) is 11.5. The molecule has 1 saturated carbocycles. The third-order valence-electron chi connectivity index (χ3n) is 7.79. The Morgan fingerprint density at radius 1 is 1.02 bits per heavy atom. The fraction of sp³-hybridized carbons (Fsp3) is 0.345. The van der Waals surface area contributed by atoms with Crippen molar-refractivity contribution >= 4 is 21.7 Å². The molecule has 3 aromatic carbocycles. The van der Waals surface area contributed by atoms with Crippen LogP contribution in [-0.4, -0.2) is 61.2 Å². The number of aliphatic hydroxyl groups excluding tert-OH is 2. The second-order valence-corrected chi connectivity index (χ2v) is 12.7. The molecule has 3 N–H and O–H groups in total. The summed E-state index contributed by atoms with van der Waals surface area (Å²) in [5.74, 6) is -2.98. The molecule has 0 aromatic heterocycles. The predicted molar refractivity (Wildman–Crippen MR) is 145 cm³/mol. The molecule has 45 heavy (non-hydrogen) atoms. The number of benzene rings is 3. The summed E-state index contributed by atoms with van der Waals surface area (Å²) in [7, 11) is -4.81. The van der Waals surface area contributed by atoms with Crippen LogP contribution < -0.4 is 13.8 Å². The van der Waals surface area contributed by atoms with Gasteiger partial charge in [-0.05, 0) is 66.4 Å². The highest BCUT2D eigenvalue weighted by Gasteiger charge is 2.52. The van der Waals surface area contributed by atoms with Crippen molar-refractivity contribution in [2.75, 3.05) is 10.8 Å². The number of ether oxygens (including phenoxy) is 2. The molecule has 3 aromatic rings. The zero-order valence-electron chi connectivity index (χ0n) is 22.9. The molecule has 4 atom stereocenters. The van der Waals surface area contributed by atoms with E-state index in [1.165, 1.54) is 18.2 Å². The smallest absolute Gasteiger partial charge is 0.416 e. The molecule has 2 unspecified atom stereocenters. The molecule has 1 fully saturated rings. The van der Waals surface area contributed by atoms with Crippen molar-refractivity contribution in [3.05, 3.63) is 72.0 Å². The summed E-state index contributed by atoms with van der Waals surface area (Å²) in [5, 5.41) is 30.2. The summed E-state index contributed by atoms with van der Waals surface area (Å²) in [6, 6.07) is 9.52. The van der Waals surface area contributed by atoms with Gasteiger partial charge in [0.25, 0.3) is 10.0 Å². The number of hydrogen-bond acceptors (Lipinski definition) is 7. The first-order valence-electron chi connectivity index (χ1n) is 13.3. The van der Waals surface area contributed by atoms with Gasteiger partial charge in [-0.15, -0.1) is 0 Å². The third-order valence-corrected chi connectivity index (χ3v) is 9.56. The number of anilines is 1. The number of hydrogen-bond donors (Lipinski definition) is 3. The average Bonchev–Trinajstić information content (AvgIpc) is 3.24. The van der Waals surface area contributed by atoms with Crippen LogP contribution in [0.3, 0.4) is 0 Å². The van der Waals surface area contributed by atoms with Crippen molar-refractivity contribution in [2.24, 2.45) is 5.41 Å². The molecule has 0 spiro atoms. The Kier molecular flexibility index (Phi) is 8.44. The number of fused-ring (bicyclic) bond motifs is 1. The molecule has 0 radical (unpaired) electrons. The zero-order chi connectivity index (χ0) is 32.9. The minimum absolute atomic E-state index is 0.00856. The number of carbonyl (C=O) groups is 1. The van der Waals surface area contributed by atoms with Crippen molar-refractivity contribution in [2.45, 2.75) is 55.3 Å². The monoisotopic (exact) mass is 661 g/mol. The van der Waals surface area contributed by atoms with E-state index >= 15 is 0 Å². The molecule has 1 aliphatic heterocycles. The normalized spacial score (nSPS) is 23.5. The number of nitrogens with zero attached hydrogens (tertiary/aromatic N) is 1. The first kappa shape index (κ1) is 32.4. The van der Waals surface area contributed by atoms with Gasteiger partial charge in [-0.1, -0.05) is 12.1 Å².